The number of thiophene rings is 1. The lowest BCUT2D eigenvalue weighted by molar-refractivity contribution is -0.402. The summed E-state index contributed by atoms with van der Waals surface area (Å²) in [5.41, 5.74) is 0. The molecule has 2 heterocycles. The molecule has 0 aliphatic carbocycles. The summed E-state index contributed by atoms with van der Waals surface area (Å²) in [5, 5.41) is 14.1. The smallest absolute Gasteiger partial charge is 0.404 e. The number of hydrogen-bond acceptors (Lipinski definition) is 5. The monoisotopic (exact) mass is 294 g/mol. The van der Waals surface area contributed by atoms with E-state index in [4.69, 9.17) is 4.42 Å². The number of aryl methyl sites for hydroxylation is 1. The van der Waals surface area contributed by atoms with E-state index < -0.39 is 4.92 Å². The third kappa shape index (κ3) is 3.26. The molecule has 0 amide bonds. The molecule has 6 heteroatoms. The largest absolute Gasteiger partial charge is 0.433 e. The Labute approximate surface area is 121 Å². The van der Waals surface area contributed by atoms with Crippen LogP contribution in [0.2, 0.25) is 0 Å². The summed E-state index contributed by atoms with van der Waals surface area (Å²) in [7, 11) is 0. The molecule has 5 nitrogen and oxygen atoms in total. The lowest BCUT2D eigenvalue weighted by atomic mass is 10.2. The predicted octanol–water partition coefficient (Wildman–Crippen LogP) is 3.90. The molecule has 1 unspecified atom stereocenters. The minimum atomic E-state index is -0.508. The Morgan fingerprint density at radius 3 is 2.70 bits per heavy atom. The van der Waals surface area contributed by atoms with Crippen LogP contribution in [-0.4, -0.2) is 11.5 Å². The van der Waals surface area contributed by atoms with Crippen molar-refractivity contribution in [2.75, 3.05) is 6.54 Å². The van der Waals surface area contributed by atoms with Gasteiger partial charge in [0, 0.05) is 9.75 Å². The lowest BCUT2D eigenvalue weighted by Crippen LogP contribution is -2.21. The average Bonchev–Trinajstić information content (AvgIpc) is 3.08. The van der Waals surface area contributed by atoms with E-state index in [1.807, 2.05) is 0 Å². The average molecular weight is 294 g/mol. The number of nitro groups is 1. The topological polar surface area (TPSA) is 68.3 Å². The highest BCUT2D eigenvalue weighted by Crippen LogP contribution is 2.31. The molecule has 1 N–H and O–H groups in total. The molecule has 108 valence electrons. The van der Waals surface area contributed by atoms with Crippen LogP contribution in [0.4, 0.5) is 5.88 Å². The molecule has 20 heavy (non-hydrogen) atoms. The van der Waals surface area contributed by atoms with Crippen LogP contribution in [0.3, 0.4) is 0 Å². The molecular formula is C14H18N2O3S. The molecule has 0 aromatic carbocycles. The molecule has 0 fully saturated rings. The second kappa shape index (κ2) is 6.67. The second-order valence-electron chi connectivity index (χ2n) is 4.48. The van der Waals surface area contributed by atoms with Crippen molar-refractivity contribution in [1.29, 1.82) is 0 Å². The maximum atomic E-state index is 10.7. The molecule has 0 radical (unpaired) electrons. The van der Waals surface area contributed by atoms with Crippen molar-refractivity contribution in [3.63, 3.8) is 0 Å². The Balaban J connectivity index is 2.27. The van der Waals surface area contributed by atoms with Crippen molar-refractivity contribution in [2.24, 2.45) is 0 Å². The number of nitrogens with zero attached hydrogens (tertiary/aromatic N) is 1. The van der Waals surface area contributed by atoms with Crippen LogP contribution in [0.15, 0.2) is 28.7 Å². The Kier molecular flexibility index (Phi) is 4.92. The van der Waals surface area contributed by atoms with Gasteiger partial charge in [-0.2, -0.15) is 0 Å². The number of furan rings is 1. The summed E-state index contributed by atoms with van der Waals surface area (Å²) in [5.74, 6) is 0.380. The Morgan fingerprint density at radius 2 is 2.15 bits per heavy atom. The first-order chi connectivity index (χ1) is 9.65. The van der Waals surface area contributed by atoms with Crippen LogP contribution in [0.5, 0.6) is 0 Å². The molecule has 2 aromatic heterocycles. The van der Waals surface area contributed by atoms with Crippen LogP contribution in [-0.2, 0) is 6.42 Å². The highest BCUT2D eigenvalue weighted by molar-refractivity contribution is 7.12. The highest BCUT2D eigenvalue weighted by atomic mass is 32.1. The highest BCUT2D eigenvalue weighted by Gasteiger charge is 2.22. The van der Waals surface area contributed by atoms with Gasteiger partial charge in [-0.05, 0) is 37.6 Å². The first-order valence-electron chi connectivity index (χ1n) is 6.71. The van der Waals surface area contributed by atoms with E-state index in [9.17, 15) is 10.1 Å². The van der Waals surface area contributed by atoms with Crippen molar-refractivity contribution in [3.05, 3.63) is 49.9 Å². The van der Waals surface area contributed by atoms with Gasteiger partial charge in [0.2, 0.25) is 0 Å². The van der Waals surface area contributed by atoms with Crippen LogP contribution in [0.1, 0.15) is 41.8 Å². The zero-order valence-electron chi connectivity index (χ0n) is 11.6. The second-order valence-corrected chi connectivity index (χ2v) is 5.68. The summed E-state index contributed by atoms with van der Waals surface area (Å²) in [6.45, 7) is 5.03. The van der Waals surface area contributed by atoms with Gasteiger partial charge in [0.1, 0.15) is 16.7 Å². The zero-order valence-corrected chi connectivity index (χ0v) is 12.4. The van der Waals surface area contributed by atoms with Crippen molar-refractivity contribution in [2.45, 2.75) is 32.7 Å². The number of nitrogens with one attached hydrogen (secondary N) is 1. The molecule has 0 saturated heterocycles. The molecule has 0 spiro atoms. The normalized spacial score (nSPS) is 12.5. The molecule has 0 aliphatic heterocycles. The Morgan fingerprint density at radius 1 is 1.35 bits per heavy atom. The fourth-order valence-electron chi connectivity index (χ4n) is 1.97. The van der Waals surface area contributed by atoms with E-state index in [-0.39, 0.29) is 11.9 Å². The molecule has 0 bridgehead atoms. The third-order valence-electron chi connectivity index (χ3n) is 2.99. The first-order valence-corrected chi connectivity index (χ1v) is 7.53. The zero-order chi connectivity index (χ0) is 14.5. The summed E-state index contributed by atoms with van der Waals surface area (Å²) < 4.78 is 5.35. The summed E-state index contributed by atoms with van der Waals surface area (Å²) in [6, 6.07) is 7.12. The number of hydrogen-bond donors (Lipinski definition) is 1. The van der Waals surface area contributed by atoms with Gasteiger partial charge in [0.15, 0.2) is 0 Å². The maximum Gasteiger partial charge on any atom is 0.433 e. The van der Waals surface area contributed by atoms with Gasteiger partial charge in [-0.1, -0.05) is 13.8 Å². The van der Waals surface area contributed by atoms with Crippen LogP contribution >= 0.6 is 11.3 Å². The van der Waals surface area contributed by atoms with Crippen molar-refractivity contribution >= 4 is 17.2 Å². The van der Waals surface area contributed by atoms with E-state index >= 15 is 0 Å². The van der Waals surface area contributed by atoms with Crippen LogP contribution in [0, 0.1) is 10.1 Å². The molecule has 0 aliphatic rings. The summed E-state index contributed by atoms with van der Waals surface area (Å²) in [4.78, 5) is 12.6. The Hall–Kier alpha value is -1.66. The fourth-order valence-corrected chi connectivity index (χ4v) is 3.00. The summed E-state index contributed by atoms with van der Waals surface area (Å²) >= 11 is 1.71. The molecule has 1 atom stereocenters. The SMILES string of the molecule is CCCNC(c1ccc([N+](=O)[O-])o1)c1ccc(CC)s1. The minimum Gasteiger partial charge on any atom is -0.404 e. The molecule has 0 saturated carbocycles. The lowest BCUT2D eigenvalue weighted by Gasteiger charge is -2.14. The fraction of sp³-hybridized carbons (Fsp3) is 0.429. The van der Waals surface area contributed by atoms with Gasteiger partial charge < -0.3 is 9.73 Å². The first kappa shape index (κ1) is 14.7. The van der Waals surface area contributed by atoms with E-state index in [0.717, 1.165) is 24.3 Å². The maximum absolute atomic E-state index is 10.7. The molecule has 2 rings (SSSR count). The number of rotatable bonds is 7. The Bertz CT molecular complexity index is 576. The van der Waals surface area contributed by atoms with Gasteiger partial charge in [-0.15, -0.1) is 11.3 Å². The van der Waals surface area contributed by atoms with Crippen molar-refractivity contribution < 1.29 is 9.34 Å². The van der Waals surface area contributed by atoms with Crippen LogP contribution in [0.25, 0.3) is 0 Å². The van der Waals surface area contributed by atoms with Crippen molar-refractivity contribution in [1.82, 2.24) is 5.32 Å². The standard InChI is InChI=1S/C14H18N2O3S/c1-3-9-15-14(12-7-5-10(4-2)20-12)11-6-8-13(19-11)16(17)18/h5-8,14-15H,3-4,9H2,1-2H3. The van der Waals surface area contributed by atoms with Gasteiger partial charge in [-0.3, -0.25) is 10.1 Å². The third-order valence-corrected chi connectivity index (χ3v) is 4.29. The minimum absolute atomic E-state index is 0.117. The van der Waals surface area contributed by atoms with E-state index in [1.165, 1.54) is 10.9 Å². The molecule has 2 aromatic rings. The van der Waals surface area contributed by atoms with E-state index in [1.54, 1.807) is 17.4 Å². The molecular weight excluding hydrogens is 276 g/mol. The predicted molar refractivity (Wildman–Crippen MR) is 79.2 cm³/mol. The quantitative estimate of drug-likeness (QED) is 0.621. The van der Waals surface area contributed by atoms with Gasteiger partial charge in [0.05, 0.1) is 6.07 Å². The van der Waals surface area contributed by atoms with Crippen LogP contribution < -0.4 is 5.32 Å². The van der Waals surface area contributed by atoms with Gasteiger partial charge in [0.25, 0.3) is 0 Å². The van der Waals surface area contributed by atoms with E-state index in [2.05, 4.69) is 31.3 Å². The van der Waals surface area contributed by atoms with Gasteiger partial charge >= 0.3 is 5.88 Å². The van der Waals surface area contributed by atoms with Gasteiger partial charge in [-0.25, -0.2) is 0 Å². The van der Waals surface area contributed by atoms with Crippen molar-refractivity contribution in [3.8, 4) is 0 Å². The summed E-state index contributed by atoms with van der Waals surface area (Å²) in [6.07, 6.45) is 1.98. The van der Waals surface area contributed by atoms with E-state index in [0.29, 0.717) is 5.76 Å².